The van der Waals surface area contributed by atoms with Crippen molar-refractivity contribution in [2.75, 3.05) is 0 Å². The monoisotopic (exact) mass is 342 g/mol. The second kappa shape index (κ2) is 8.85. The average molecular weight is 343 g/mol. The minimum atomic E-state index is 1.01. The molecule has 0 atom stereocenters. The minimum absolute atomic E-state index is 1.01. The summed E-state index contributed by atoms with van der Waals surface area (Å²) in [6, 6.07) is 25.2. The van der Waals surface area contributed by atoms with Crippen LogP contribution in [0.15, 0.2) is 66.7 Å². The van der Waals surface area contributed by atoms with Crippen LogP contribution < -0.4 is 0 Å². The van der Waals surface area contributed by atoms with Gasteiger partial charge in [0.05, 0.1) is 0 Å². The van der Waals surface area contributed by atoms with E-state index in [4.69, 9.17) is 0 Å². The van der Waals surface area contributed by atoms with E-state index in [1.54, 1.807) is 0 Å². The molecule has 0 N–H and O–H groups in total. The van der Waals surface area contributed by atoms with Crippen LogP contribution in [-0.2, 0) is 32.1 Å². The van der Waals surface area contributed by atoms with Gasteiger partial charge in [-0.1, -0.05) is 87.5 Å². The molecule has 0 aromatic heterocycles. The van der Waals surface area contributed by atoms with Crippen LogP contribution >= 0.6 is 0 Å². The molecule has 3 aromatic carbocycles. The first-order valence-electron chi connectivity index (χ1n) is 9.98. The second-order valence-electron chi connectivity index (χ2n) is 7.15. The smallest absolute Gasteiger partial charge is 0.00230 e. The molecule has 0 nitrogen and oxygen atoms in total. The van der Waals surface area contributed by atoms with Gasteiger partial charge in [-0.2, -0.15) is 0 Å². The summed E-state index contributed by atoms with van der Waals surface area (Å²) in [5.41, 5.74) is 9.97. The van der Waals surface area contributed by atoms with Crippen LogP contribution in [0.1, 0.15) is 59.7 Å². The quantitative estimate of drug-likeness (QED) is 0.456. The molecular weight excluding hydrogens is 312 g/mol. The number of aryl methyl sites for hydroxylation is 3. The van der Waals surface area contributed by atoms with E-state index in [1.807, 2.05) is 0 Å². The van der Waals surface area contributed by atoms with Crippen LogP contribution in [0.25, 0.3) is 0 Å². The van der Waals surface area contributed by atoms with E-state index in [9.17, 15) is 0 Å². The first-order valence-corrected chi connectivity index (χ1v) is 9.98. The molecule has 0 spiro atoms. The van der Waals surface area contributed by atoms with Crippen molar-refractivity contribution in [2.45, 2.75) is 52.9 Å². The molecule has 0 aliphatic carbocycles. The van der Waals surface area contributed by atoms with E-state index in [0.29, 0.717) is 0 Å². The number of hydrogen-bond acceptors (Lipinski definition) is 0. The van der Waals surface area contributed by atoms with Crippen molar-refractivity contribution in [1.29, 1.82) is 0 Å². The molecule has 0 amide bonds. The van der Waals surface area contributed by atoms with Gasteiger partial charge in [0.1, 0.15) is 0 Å². The van der Waals surface area contributed by atoms with Gasteiger partial charge in [-0.25, -0.2) is 0 Å². The first kappa shape index (κ1) is 18.5. The fourth-order valence-electron chi connectivity index (χ4n) is 3.52. The maximum atomic E-state index is 2.38. The number of rotatable bonds is 7. The van der Waals surface area contributed by atoms with E-state index in [0.717, 1.165) is 32.1 Å². The van der Waals surface area contributed by atoms with Gasteiger partial charge in [0.25, 0.3) is 0 Å². The Hall–Kier alpha value is -2.34. The van der Waals surface area contributed by atoms with Gasteiger partial charge in [-0.15, -0.1) is 0 Å². The Kier molecular flexibility index (Phi) is 6.28. The lowest BCUT2D eigenvalue weighted by Crippen LogP contribution is -1.97. The summed E-state index contributed by atoms with van der Waals surface area (Å²) in [4.78, 5) is 0. The predicted molar refractivity (Wildman–Crippen MR) is 113 cm³/mol. The topological polar surface area (TPSA) is 0 Å². The molecule has 0 saturated carbocycles. The molecule has 0 heterocycles. The van der Waals surface area contributed by atoms with E-state index in [-0.39, 0.29) is 0 Å². The number of benzene rings is 3. The van der Waals surface area contributed by atoms with E-state index < -0.39 is 0 Å². The molecule has 3 rings (SSSR count). The zero-order valence-corrected chi connectivity index (χ0v) is 16.4. The van der Waals surface area contributed by atoms with Crippen LogP contribution in [0.3, 0.4) is 0 Å². The lowest BCUT2D eigenvalue weighted by atomic mass is 9.94. The Morgan fingerprint density at radius 1 is 0.423 bits per heavy atom. The van der Waals surface area contributed by atoms with E-state index in [1.165, 1.54) is 38.9 Å². The van der Waals surface area contributed by atoms with Crippen molar-refractivity contribution in [2.24, 2.45) is 0 Å². The normalized spacial score (nSPS) is 10.9. The summed E-state index contributed by atoms with van der Waals surface area (Å²) in [5.74, 6) is 0. The third-order valence-corrected chi connectivity index (χ3v) is 5.32. The van der Waals surface area contributed by atoms with Crippen molar-refractivity contribution in [3.63, 3.8) is 0 Å². The van der Waals surface area contributed by atoms with Gasteiger partial charge in [-0.3, -0.25) is 0 Å². The summed E-state index contributed by atoms with van der Waals surface area (Å²) < 4.78 is 0. The Balaban J connectivity index is 1.69. The lowest BCUT2D eigenvalue weighted by Gasteiger charge is -2.11. The summed E-state index contributed by atoms with van der Waals surface area (Å²) in [5, 5.41) is 0. The highest BCUT2D eigenvalue weighted by Gasteiger charge is 2.04. The van der Waals surface area contributed by atoms with Gasteiger partial charge in [-0.05, 0) is 71.0 Å². The highest BCUT2D eigenvalue weighted by molar-refractivity contribution is 5.37. The molecule has 0 radical (unpaired) electrons. The summed E-state index contributed by atoms with van der Waals surface area (Å²) in [6.45, 7) is 6.68. The molecule has 3 aromatic rings. The maximum absolute atomic E-state index is 2.38. The second-order valence-corrected chi connectivity index (χ2v) is 7.15. The Labute approximate surface area is 158 Å². The van der Waals surface area contributed by atoms with Crippen molar-refractivity contribution in [1.82, 2.24) is 0 Å². The zero-order valence-electron chi connectivity index (χ0n) is 16.4. The standard InChI is InChI=1S/C26H30/c1-4-20-7-9-22(10-8-20)17-23-11-13-24(14-12-23)19-26-16-15-21(5-2)18-25(26)6-3/h7-16,18H,4-6,17,19H2,1-3H3. The molecular formula is C26H30. The van der Waals surface area contributed by atoms with Crippen molar-refractivity contribution >= 4 is 0 Å². The zero-order chi connectivity index (χ0) is 18.4. The van der Waals surface area contributed by atoms with Crippen molar-refractivity contribution in [3.05, 3.63) is 106 Å². The summed E-state index contributed by atoms with van der Waals surface area (Å²) in [6.07, 6.45) is 5.36. The van der Waals surface area contributed by atoms with E-state index >= 15 is 0 Å². The summed E-state index contributed by atoms with van der Waals surface area (Å²) in [7, 11) is 0. The van der Waals surface area contributed by atoms with Crippen LogP contribution in [0.4, 0.5) is 0 Å². The Bertz CT molecular complexity index is 823. The molecule has 0 fully saturated rings. The lowest BCUT2D eigenvalue weighted by molar-refractivity contribution is 1.03. The van der Waals surface area contributed by atoms with Crippen LogP contribution in [0.5, 0.6) is 0 Å². The molecule has 0 heteroatoms. The highest BCUT2D eigenvalue weighted by atomic mass is 14.1. The third kappa shape index (κ3) is 4.64. The van der Waals surface area contributed by atoms with Crippen LogP contribution in [-0.4, -0.2) is 0 Å². The van der Waals surface area contributed by atoms with Crippen LogP contribution in [0.2, 0.25) is 0 Å². The average Bonchev–Trinajstić information content (AvgIpc) is 2.70. The van der Waals surface area contributed by atoms with Gasteiger partial charge in [0.15, 0.2) is 0 Å². The van der Waals surface area contributed by atoms with Gasteiger partial charge in [0.2, 0.25) is 0 Å². The molecule has 0 aliphatic rings. The van der Waals surface area contributed by atoms with Gasteiger partial charge >= 0.3 is 0 Å². The van der Waals surface area contributed by atoms with Crippen molar-refractivity contribution in [3.8, 4) is 0 Å². The fraction of sp³-hybridized carbons (Fsp3) is 0.308. The maximum Gasteiger partial charge on any atom is -0.00230 e. The molecule has 134 valence electrons. The van der Waals surface area contributed by atoms with Gasteiger partial charge in [0, 0.05) is 0 Å². The largest absolute Gasteiger partial charge is 0.0613 e. The first-order chi connectivity index (χ1) is 12.7. The summed E-state index contributed by atoms with van der Waals surface area (Å²) >= 11 is 0. The van der Waals surface area contributed by atoms with E-state index in [2.05, 4.69) is 87.5 Å². The molecule has 0 unspecified atom stereocenters. The molecule has 0 aliphatic heterocycles. The Morgan fingerprint density at radius 2 is 0.885 bits per heavy atom. The molecule has 0 bridgehead atoms. The molecule has 0 saturated heterocycles. The third-order valence-electron chi connectivity index (χ3n) is 5.32. The van der Waals surface area contributed by atoms with Crippen LogP contribution in [0, 0.1) is 0 Å². The molecule has 26 heavy (non-hydrogen) atoms. The van der Waals surface area contributed by atoms with Gasteiger partial charge < -0.3 is 0 Å². The Morgan fingerprint density at radius 3 is 1.38 bits per heavy atom. The van der Waals surface area contributed by atoms with Crippen molar-refractivity contribution < 1.29 is 0 Å². The highest BCUT2D eigenvalue weighted by Crippen LogP contribution is 2.19. The SMILES string of the molecule is CCc1ccc(Cc2ccc(Cc3ccc(CC)cc3CC)cc2)cc1. The predicted octanol–water partition coefficient (Wildman–Crippen LogP) is 6.56. The number of hydrogen-bond donors (Lipinski definition) is 0. The fourth-order valence-corrected chi connectivity index (χ4v) is 3.52. The minimum Gasteiger partial charge on any atom is -0.0613 e.